The van der Waals surface area contributed by atoms with E-state index in [1.807, 2.05) is 52.8 Å². The van der Waals surface area contributed by atoms with Crippen molar-refractivity contribution in [3.05, 3.63) is 81.3 Å². The summed E-state index contributed by atoms with van der Waals surface area (Å²) in [5.41, 5.74) is 1.48. The van der Waals surface area contributed by atoms with Gasteiger partial charge in [0.25, 0.3) is 5.56 Å². The third-order valence-corrected chi connectivity index (χ3v) is 19.1. The van der Waals surface area contributed by atoms with E-state index in [1.165, 1.54) is 28.4 Å². The number of aliphatic hydroxyl groups is 5. The first-order chi connectivity index (χ1) is 52.9. The van der Waals surface area contributed by atoms with Gasteiger partial charge in [0.05, 0.1) is 86.5 Å². The Kier molecular flexibility index (Phi) is 47.6. The molecule has 8 unspecified atom stereocenters. The van der Waals surface area contributed by atoms with E-state index in [4.69, 9.17) is 92.1 Å². The minimum Gasteiger partial charge on any atom is -0.508 e. The van der Waals surface area contributed by atoms with Crippen LogP contribution in [0.5, 0.6) is 5.75 Å². The second-order valence-corrected chi connectivity index (χ2v) is 26.9. The summed E-state index contributed by atoms with van der Waals surface area (Å²) in [6.07, 6.45) is 1.44. The molecular weight excluding hydrogens is 1490 g/mol. The standard InChI is InChI=1S/C36H43N3O12.C19H30N2O6S2.C12H22O7.C7H16O4/c1-5-21(17-40)50-32(47-4)19-48-30(43)10-8-9-29(42)37-15-31(44)51-36(7-3)26-14-28-33-24(16-39(28)34(45)25(26)18-49-35(36)46)22(6-2)23-13-20(41)11-12-27(23)38-33;1-3-15(13-22)27-19(25-2)14-26-18(24)9-6-7-16(23)20-11-12-28-29-17-8-4-5-10-21-17;1-3-9(7-13)19-12(17-2)8-18-11(16)6-4-5-10(14)15;1-3-6(4-8)11-7(5-9)10-2/h11-14,21,32,40-41H,5-10,15-19H2,1-4H3,(H,37,42);4-5,8,10,15,19,22H,3,6-7,9,11-14H2,1-2H3,(H,20,23);9,12-13H,3-8H2,1-2H3,(H,14,15);6-9H,3-5H2,1-2H3/t21?,32?,36-;;;/m0.../s1. The molecule has 9 N–H and O–H groups in total. The van der Waals surface area contributed by atoms with Crippen molar-refractivity contribution in [3.8, 4) is 17.1 Å². The molecule has 6 rings (SSSR count). The molecule has 34 nitrogen and oxygen atoms in total. The van der Waals surface area contributed by atoms with E-state index < -0.39 is 90.7 Å². The van der Waals surface area contributed by atoms with Crippen molar-refractivity contribution in [2.75, 3.05) is 100 Å². The molecule has 0 fully saturated rings. The molecule has 2 aliphatic rings. The van der Waals surface area contributed by atoms with E-state index in [1.54, 1.807) is 63.5 Å². The molecule has 0 radical (unpaired) electrons. The number of cyclic esters (lactones) is 1. The molecule has 0 spiro atoms. The molecular formula is C74H111N5O29S2. The number of aromatic hydroxyl groups is 1. The van der Waals surface area contributed by atoms with Gasteiger partial charge in [-0.05, 0) is 111 Å². The highest BCUT2D eigenvalue weighted by molar-refractivity contribution is 8.76. The van der Waals surface area contributed by atoms with Crippen molar-refractivity contribution >= 4 is 80.1 Å². The Morgan fingerprint density at radius 3 is 1.55 bits per heavy atom. The van der Waals surface area contributed by atoms with Gasteiger partial charge in [-0.3, -0.25) is 38.4 Å². The Morgan fingerprint density at radius 2 is 1.11 bits per heavy atom. The van der Waals surface area contributed by atoms with Gasteiger partial charge in [-0.15, -0.1) is 0 Å². The first-order valence-corrected chi connectivity index (χ1v) is 38.7. The Bertz CT molecular complexity index is 3470. The Hall–Kier alpha value is -7.53. The van der Waals surface area contributed by atoms with E-state index in [0.29, 0.717) is 62.0 Å². The predicted molar refractivity (Wildman–Crippen MR) is 399 cm³/mol. The first-order valence-electron chi connectivity index (χ1n) is 36.4. The maximum atomic E-state index is 13.9. The van der Waals surface area contributed by atoms with Gasteiger partial charge in [-0.2, -0.15) is 0 Å². The lowest BCUT2D eigenvalue weighted by Crippen LogP contribution is -2.48. The fourth-order valence-electron chi connectivity index (χ4n) is 10.5. The number of benzene rings is 1. The number of aliphatic hydroxyl groups excluding tert-OH is 5. The number of pyridine rings is 3. The number of phenolic OH excluding ortho intramolecular Hbond substituents is 1. The third-order valence-electron chi connectivity index (χ3n) is 16.8. The summed E-state index contributed by atoms with van der Waals surface area (Å²) < 4.78 is 69.2. The number of ether oxygens (including phenoxy) is 13. The number of aromatic nitrogens is 3. The molecule has 2 aliphatic heterocycles. The topological polar surface area (TPSA) is 470 Å². The molecule has 9 atom stereocenters. The van der Waals surface area contributed by atoms with Crippen LogP contribution in [0.2, 0.25) is 0 Å². The molecule has 3 aromatic heterocycles. The summed E-state index contributed by atoms with van der Waals surface area (Å²) in [5, 5.41) is 70.2. The minimum absolute atomic E-state index is 0.0416. The molecule has 1 aromatic carbocycles. The fourth-order valence-corrected chi connectivity index (χ4v) is 12.3. The fraction of sp³-hybridized carbons (Fsp3) is 0.635. The van der Waals surface area contributed by atoms with Crippen LogP contribution in [0.1, 0.15) is 154 Å². The van der Waals surface area contributed by atoms with Crippen molar-refractivity contribution in [2.45, 2.75) is 211 Å². The summed E-state index contributed by atoms with van der Waals surface area (Å²) in [6.45, 7) is 9.97. The molecule has 2 amide bonds. The number of hydrogen-bond acceptors (Lipinski definition) is 32. The number of methoxy groups -OCH3 is 4. The zero-order valence-electron chi connectivity index (χ0n) is 64.3. The minimum atomic E-state index is -1.94. The number of carbonyl (C=O) groups excluding carboxylic acids is 7. The van der Waals surface area contributed by atoms with Gasteiger partial charge in [-0.25, -0.2) is 14.8 Å². The Balaban J connectivity index is 0.000000445. The highest BCUT2D eigenvalue weighted by Gasteiger charge is 2.50. The van der Waals surface area contributed by atoms with Crippen molar-refractivity contribution in [2.24, 2.45) is 0 Å². The second-order valence-electron chi connectivity index (χ2n) is 24.5. The number of hydrogen-bond donors (Lipinski definition) is 9. The van der Waals surface area contributed by atoms with Gasteiger partial charge < -0.3 is 113 Å². The number of carboxylic acid groups (broad SMARTS) is 1. The number of aryl methyl sites for hydroxylation is 1. The zero-order valence-corrected chi connectivity index (χ0v) is 65.9. The van der Waals surface area contributed by atoms with E-state index in [0.717, 1.165) is 27.3 Å². The van der Waals surface area contributed by atoms with Gasteiger partial charge in [-0.1, -0.05) is 58.4 Å². The number of fused-ring (bicyclic) bond motifs is 5. The molecule has 110 heavy (non-hydrogen) atoms. The quantitative estimate of drug-likeness (QED) is 0.00796. The molecule has 0 bridgehead atoms. The van der Waals surface area contributed by atoms with Gasteiger partial charge in [0.2, 0.25) is 17.4 Å². The number of carbonyl (C=O) groups is 8. The van der Waals surface area contributed by atoms with Crippen LogP contribution >= 0.6 is 21.6 Å². The average Bonchev–Trinajstić information content (AvgIpc) is 1.52. The highest BCUT2D eigenvalue weighted by atomic mass is 33.1. The van der Waals surface area contributed by atoms with Crippen LogP contribution < -0.4 is 16.2 Å². The number of carboxylic acids is 1. The predicted octanol–water partition coefficient (Wildman–Crippen LogP) is 5.18. The lowest BCUT2D eigenvalue weighted by atomic mass is 9.85. The van der Waals surface area contributed by atoms with Gasteiger partial charge >= 0.3 is 35.8 Å². The van der Waals surface area contributed by atoms with E-state index in [2.05, 4.69) is 15.6 Å². The molecule has 36 heteroatoms. The molecule has 0 aliphatic carbocycles. The summed E-state index contributed by atoms with van der Waals surface area (Å²) in [4.78, 5) is 119. The zero-order chi connectivity index (χ0) is 81.6. The van der Waals surface area contributed by atoms with Crippen LogP contribution in [-0.4, -0.2) is 248 Å². The number of phenols is 1. The lowest BCUT2D eigenvalue weighted by Gasteiger charge is -2.35. The molecule has 0 saturated heterocycles. The summed E-state index contributed by atoms with van der Waals surface area (Å²) in [7, 11) is 8.88. The average molecular weight is 1600 g/mol. The monoisotopic (exact) mass is 1600 g/mol. The Labute approximate surface area is 647 Å². The van der Waals surface area contributed by atoms with Crippen LogP contribution in [0.25, 0.3) is 22.3 Å². The van der Waals surface area contributed by atoms with Crippen LogP contribution in [0.3, 0.4) is 0 Å². The normalized spacial score (nSPS) is 15.4. The van der Waals surface area contributed by atoms with Crippen molar-refractivity contribution in [1.82, 2.24) is 25.2 Å². The van der Waals surface area contributed by atoms with Gasteiger partial charge in [0.1, 0.15) is 43.7 Å². The second kappa shape index (κ2) is 54.2. The van der Waals surface area contributed by atoms with Crippen LogP contribution in [0.4, 0.5) is 0 Å². The number of amides is 2. The lowest BCUT2D eigenvalue weighted by molar-refractivity contribution is -0.194. The molecule has 5 heterocycles. The van der Waals surface area contributed by atoms with Crippen LogP contribution in [0.15, 0.2) is 58.5 Å². The number of rotatable bonds is 49. The number of aliphatic carboxylic acids is 1. The van der Waals surface area contributed by atoms with Gasteiger partial charge in [0, 0.05) is 102 Å². The summed E-state index contributed by atoms with van der Waals surface area (Å²) in [6, 6.07) is 12.3. The molecule has 4 aromatic rings. The third kappa shape index (κ3) is 33.4. The van der Waals surface area contributed by atoms with Gasteiger partial charge in [0.15, 0.2) is 25.2 Å². The van der Waals surface area contributed by atoms with E-state index >= 15 is 0 Å². The summed E-state index contributed by atoms with van der Waals surface area (Å²) in [5.74, 6) is -3.95. The molecule has 0 saturated carbocycles. The maximum absolute atomic E-state index is 13.9. The van der Waals surface area contributed by atoms with E-state index in [9.17, 15) is 53.4 Å². The number of nitrogens with zero attached hydrogens (tertiary/aromatic N) is 3. The molecule has 618 valence electrons. The summed E-state index contributed by atoms with van der Waals surface area (Å²) >= 11 is 0. The maximum Gasteiger partial charge on any atom is 0.355 e. The SMILES string of the molecule is CCC(CO)OC(CO)OC.CCC(CO)OC(COC(=O)CCCC(=O)NCCSSc1ccccn1)OC.CCC(CO)OC(COC(=O)CCCC(=O)O)OC.CCc1c2c(nc3ccc(O)cc13)-c1cc3c(c(=O)n1C2)COC(=O)[C@@]3(CC)OC(=O)CNC(=O)CCCC(=O)OCC(OC)OC(CC)CO. The van der Waals surface area contributed by atoms with Crippen molar-refractivity contribution < 1.29 is 136 Å². The van der Waals surface area contributed by atoms with Crippen molar-refractivity contribution in [1.29, 1.82) is 0 Å². The van der Waals surface area contributed by atoms with Crippen LogP contribution in [0, 0.1) is 0 Å². The Morgan fingerprint density at radius 1 is 0.609 bits per heavy atom. The number of nitrogens with one attached hydrogen (secondary N) is 2. The highest BCUT2D eigenvalue weighted by Crippen LogP contribution is 2.42. The first kappa shape index (κ1) is 96.7. The largest absolute Gasteiger partial charge is 0.508 e. The smallest absolute Gasteiger partial charge is 0.355 e. The van der Waals surface area contributed by atoms with Crippen LogP contribution in [-0.2, 0) is 125 Å². The van der Waals surface area contributed by atoms with Crippen molar-refractivity contribution in [3.63, 3.8) is 0 Å². The van der Waals surface area contributed by atoms with E-state index in [-0.39, 0.29) is 165 Å². The number of esters is 5.